The summed E-state index contributed by atoms with van der Waals surface area (Å²) in [5.74, 6) is -0.882. The molecule has 8 nitrogen and oxygen atoms in total. The molecule has 2 rings (SSSR count). The first-order chi connectivity index (χ1) is 9.82. The number of aromatic carboxylic acids is 1. The first kappa shape index (κ1) is 15.4. The minimum Gasteiger partial charge on any atom is -0.478 e. The monoisotopic (exact) mass is 330 g/mol. The molecule has 0 unspecified atom stereocenters. The number of halogens is 1. The Bertz CT molecular complexity index is 761. The molecule has 0 aliphatic rings. The summed E-state index contributed by atoms with van der Waals surface area (Å²) in [4.78, 5) is 14.5. The average molecular weight is 331 g/mol. The van der Waals surface area contributed by atoms with Crippen LogP contribution in [0.15, 0.2) is 29.4 Å². The van der Waals surface area contributed by atoms with E-state index in [2.05, 4.69) is 15.2 Å². The molecule has 0 saturated carbocycles. The molecule has 21 heavy (non-hydrogen) atoms. The van der Waals surface area contributed by atoms with E-state index in [0.717, 1.165) is 10.4 Å². The topological polar surface area (TPSA) is 116 Å². The Morgan fingerprint density at radius 1 is 1.48 bits per heavy atom. The fourth-order valence-electron chi connectivity index (χ4n) is 1.60. The highest BCUT2D eigenvalue weighted by molar-refractivity contribution is 7.89. The second-order valence-electron chi connectivity index (χ2n) is 4.14. The summed E-state index contributed by atoms with van der Waals surface area (Å²) in [6.45, 7) is -0.0457. The fourth-order valence-corrected chi connectivity index (χ4v) is 3.23. The van der Waals surface area contributed by atoms with Gasteiger partial charge in [-0.05, 0) is 18.2 Å². The highest BCUT2D eigenvalue weighted by atomic mass is 35.5. The van der Waals surface area contributed by atoms with E-state index in [1.165, 1.54) is 25.5 Å². The van der Waals surface area contributed by atoms with Crippen LogP contribution in [0.3, 0.4) is 0 Å². The Kier molecular flexibility index (Phi) is 4.26. The van der Waals surface area contributed by atoms with Gasteiger partial charge in [0.15, 0.2) is 0 Å². The summed E-state index contributed by atoms with van der Waals surface area (Å²) >= 11 is 5.88. The number of aromatic amines is 1. The molecule has 0 radical (unpaired) electrons. The molecule has 1 aromatic carbocycles. The molecule has 0 amide bonds. The number of aromatic nitrogens is 3. The van der Waals surface area contributed by atoms with Gasteiger partial charge in [-0.25, -0.2) is 18.2 Å². The van der Waals surface area contributed by atoms with Crippen LogP contribution >= 0.6 is 11.6 Å². The van der Waals surface area contributed by atoms with E-state index in [1.807, 2.05) is 0 Å². The van der Waals surface area contributed by atoms with Crippen molar-refractivity contribution in [1.29, 1.82) is 0 Å². The normalized spacial score (nSPS) is 11.8. The van der Waals surface area contributed by atoms with Crippen LogP contribution in [0.2, 0.25) is 5.02 Å². The highest BCUT2D eigenvalue weighted by Crippen LogP contribution is 2.25. The number of nitrogens with one attached hydrogen (secondary N) is 1. The van der Waals surface area contributed by atoms with Gasteiger partial charge in [0.2, 0.25) is 10.0 Å². The van der Waals surface area contributed by atoms with Gasteiger partial charge in [0.05, 0.1) is 17.1 Å². The summed E-state index contributed by atoms with van der Waals surface area (Å²) in [5.41, 5.74) is -0.161. The number of nitrogens with zero attached hydrogens (tertiary/aromatic N) is 3. The van der Waals surface area contributed by atoms with Crippen molar-refractivity contribution in [3.05, 3.63) is 40.9 Å². The maximum absolute atomic E-state index is 12.4. The van der Waals surface area contributed by atoms with E-state index < -0.39 is 16.0 Å². The van der Waals surface area contributed by atoms with E-state index in [-0.39, 0.29) is 22.0 Å². The zero-order valence-corrected chi connectivity index (χ0v) is 12.4. The van der Waals surface area contributed by atoms with Gasteiger partial charge in [-0.2, -0.15) is 9.40 Å². The molecule has 0 saturated heterocycles. The summed E-state index contributed by atoms with van der Waals surface area (Å²) < 4.78 is 25.9. The molecule has 0 aliphatic heterocycles. The van der Waals surface area contributed by atoms with Gasteiger partial charge in [-0.15, -0.1) is 0 Å². The number of sulfonamides is 1. The summed E-state index contributed by atoms with van der Waals surface area (Å²) in [6, 6.07) is 3.50. The van der Waals surface area contributed by atoms with Crippen molar-refractivity contribution in [2.75, 3.05) is 7.05 Å². The van der Waals surface area contributed by atoms with Crippen molar-refractivity contribution in [1.82, 2.24) is 19.5 Å². The van der Waals surface area contributed by atoms with E-state index in [0.29, 0.717) is 5.82 Å². The molecular formula is C11H11ClN4O4S. The van der Waals surface area contributed by atoms with Gasteiger partial charge < -0.3 is 5.11 Å². The van der Waals surface area contributed by atoms with Crippen LogP contribution in [-0.4, -0.2) is 46.0 Å². The van der Waals surface area contributed by atoms with E-state index in [4.69, 9.17) is 16.7 Å². The summed E-state index contributed by atoms with van der Waals surface area (Å²) in [6.07, 6.45) is 1.26. The molecule has 1 heterocycles. The Labute approximate surface area is 125 Å². The average Bonchev–Trinajstić information content (AvgIpc) is 2.91. The minimum absolute atomic E-state index is 0.0457. The molecule has 0 aliphatic carbocycles. The van der Waals surface area contributed by atoms with Crippen LogP contribution in [-0.2, 0) is 16.6 Å². The van der Waals surface area contributed by atoms with Gasteiger partial charge in [-0.1, -0.05) is 11.6 Å². The number of carboxylic acid groups (broad SMARTS) is 1. The minimum atomic E-state index is -3.95. The number of hydrogen-bond acceptors (Lipinski definition) is 5. The highest BCUT2D eigenvalue weighted by Gasteiger charge is 2.25. The molecule has 0 bridgehead atoms. The maximum Gasteiger partial charge on any atom is 0.335 e. The number of carbonyl (C=O) groups is 1. The van der Waals surface area contributed by atoms with Crippen LogP contribution in [0.5, 0.6) is 0 Å². The molecule has 2 N–H and O–H groups in total. The Morgan fingerprint density at radius 2 is 2.19 bits per heavy atom. The first-order valence-electron chi connectivity index (χ1n) is 5.66. The van der Waals surface area contributed by atoms with Crippen LogP contribution in [0.4, 0.5) is 0 Å². The van der Waals surface area contributed by atoms with E-state index in [9.17, 15) is 13.2 Å². The van der Waals surface area contributed by atoms with Crippen molar-refractivity contribution in [2.45, 2.75) is 11.4 Å². The van der Waals surface area contributed by atoms with Crippen LogP contribution in [0, 0.1) is 0 Å². The van der Waals surface area contributed by atoms with Crippen molar-refractivity contribution in [3.63, 3.8) is 0 Å². The van der Waals surface area contributed by atoms with Crippen molar-refractivity contribution in [3.8, 4) is 0 Å². The molecule has 1 aromatic heterocycles. The predicted molar refractivity (Wildman–Crippen MR) is 73.4 cm³/mol. The van der Waals surface area contributed by atoms with Gasteiger partial charge in [-0.3, -0.25) is 5.10 Å². The molecule has 0 fully saturated rings. The standard InChI is InChI=1S/C11H11ClN4O4S/c1-16(5-10-13-6-14-15-10)21(19,20)9-4-7(11(17)18)2-3-8(9)12/h2-4,6H,5H2,1H3,(H,17,18)(H,13,14,15). The lowest BCUT2D eigenvalue weighted by Gasteiger charge is -2.17. The Balaban J connectivity index is 2.38. The molecule has 10 heteroatoms. The largest absolute Gasteiger partial charge is 0.478 e. The lowest BCUT2D eigenvalue weighted by atomic mass is 10.2. The lowest BCUT2D eigenvalue weighted by molar-refractivity contribution is 0.0696. The van der Waals surface area contributed by atoms with Crippen molar-refractivity contribution < 1.29 is 18.3 Å². The first-order valence-corrected chi connectivity index (χ1v) is 7.47. The van der Waals surface area contributed by atoms with Crippen molar-refractivity contribution in [2.24, 2.45) is 0 Å². The van der Waals surface area contributed by atoms with E-state index >= 15 is 0 Å². The number of rotatable bonds is 5. The fraction of sp³-hybridized carbons (Fsp3) is 0.182. The smallest absolute Gasteiger partial charge is 0.335 e. The van der Waals surface area contributed by atoms with Crippen LogP contribution in [0.1, 0.15) is 16.2 Å². The van der Waals surface area contributed by atoms with Gasteiger partial charge >= 0.3 is 5.97 Å². The second kappa shape index (κ2) is 5.80. The second-order valence-corrected chi connectivity index (χ2v) is 6.56. The molecule has 0 spiro atoms. The zero-order valence-electron chi connectivity index (χ0n) is 10.8. The van der Waals surface area contributed by atoms with Crippen LogP contribution in [0.25, 0.3) is 0 Å². The molecule has 112 valence electrons. The number of benzene rings is 1. The van der Waals surface area contributed by atoms with Gasteiger partial charge in [0.1, 0.15) is 17.0 Å². The molecule has 0 atom stereocenters. The quantitative estimate of drug-likeness (QED) is 0.844. The Hall–Kier alpha value is -1.97. The van der Waals surface area contributed by atoms with Crippen LogP contribution < -0.4 is 0 Å². The van der Waals surface area contributed by atoms with Crippen molar-refractivity contribution >= 4 is 27.6 Å². The zero-order chi connectivity index (χ0) is 15.6. The SMILES string of the molecule is CN(Cc1ncn[nH]1)S(=O)(=O)c1cc(C(=O)O)ccc1Cl. The Morgan fingerprint density at radius 3 is 2.76 bits per heavy atom. The van der Waals surface area contributed by atoms with E-state index in [1.54, 1.807) is 0 Å². The number of hydrogen-bond donors (Lipinski definition) is 2. The molecular weight excluding hydrogens is 320 g/mol. The maximum atomic E-state index is 12.4. The predicted octanol–water partition coefficient (Wildman–Crippen LogP) is 0.977. The third kappa shape index (κ3) is 3.20. The summed E-state index contributed by atoms with van der Waals surface area (Å²) in [5, 5.41) is 15.1. The third-order valence-corrected chi connectivity index (χ3v) is 4.99. The number of H-pyrrole nitrogens is 1. The number of carboxylic acids is 1. The van der Waals surface area contributed by atoms with Gasteiger partial charge in [0.25, 0.3) is 0 Å². The lowest BCUT2D eigenvalue weighted by Crippen LogP contribution is -2.27. The molecule has 2 aromatic rings. The summed E-state index contributed by atoms with van der Waals surface area (Å²) in [7, 11) is -2.62. The third-order valence-electron chi connectivity index (χ3n) is 2.70. The van der Waals surface area contributed by atoms with Gasteiger partial charge in [0, 0.05) is 7.05 Å².